The Balaban J connectivity index is 1.76. The highest BCUT2D eigenvalue weighted by Gasteiger charge is 2.38. The van der Waals surface area contributed by atoms with Crippen LogP contribution in [0.2, 0.25) is 0 Å². The lowest BCUT2D eigenvalue weighted by Gasteiger charge is -2.40. The minimum atomic E-state index is -0.913. The van der Waals surface area contributed by atoms with E-state index in [9.17, 15) is 14.3 Å². The van der Waals surface area contributed by atoms with E-state index in [4.69, 9.17) is 0 Å². The molecular formula is C21H25FN2O2. The quantitative estimate of drug-likeness (QED) is 0.916. The minimum absolute atomic E-state index is 0.129. The second-order valence-electron chi connectivity index (χ2n) is 7.11. The van der Waals surface area contributed by atoms with Crippen LogP contribution in [0, 0.1) is 5.82 Å². The number of likely N-dealkylation sites (N-methyl/N-ethyl adjacent to an activating group) is 1. The van der Waals surface area contributed by atoms with Crippen LogP contribution in [0.1, 0.15) is 30.0 Å². The molecule has 0 aromatic heterocycles. The van der Waals surface area contributed by atoms with Crippen molar-refractivity contribution < 1.29 is 14.3 Å². The van der Waals surface area contributed by atoms with Gasteiger partial charge in [0.25, 0.3) is 0 Å². The van der Waals surface area contributed by atoms with Crippen molar-refractivity contribution in [3.63, 3.8) is 0 Å². The molecule has 1 heterocycles. The molecule has 0 saturated carbocycles. The molecule has 138 valence electrons. The van der Waals surface area contributed by atoms with Gasteiger partial charge >= 0.3 is 0 Å². The summed E-state index contributed by atoms with van der Waals surface area (Å²) in [7, 11) is 3.55. The molecule has 26 heavy (non-hydrogen) atoms. The van der Waals surface area contributed by atoms with Gasteiger partial charge in [-0.15, -0.1) is 0 Å². The zero-order valence-electron chi connectivity index (χ0n) is 15.2. The molecule has 0 radical (unpaired) electrons. The lowest BCUT2D eigenvalue weighted by molar-refractivity contribution is -0.141. The summed E-state index contributed by atoms with van der Waals surface area (Å²) in [6.07, 6.45) is 0.945. The summed E-state index contributed by atoms with van der Waals surface area (Å²) in [4.78, 5) is 16.5. The van der Waals surface area contributed by atoms with E-state index in [1.165, 1.54) is 6.07 Å². The predicted molar refractivity (Wildman–Crippen MR) is 99.0 cm³/mol. The van der Waals surface area contributed by atoms with Crippen molar-refractivity contribution in [1.82, 2.24) is 9.80 Å². The van der Waals surface area contributed by atoms with Gasteiger partial charge in [0.2, 0.25) is 5.91 Å². The Morgan fingerprint density at radius 3 is 2.23 bits per heavy atom. The third-order valence-corrected chi connectivity index (χ3v) is 5.16. The van der Waals surface area contributed by atoms with Crippen LogP contribution in [0.3, 0.4) is 0 Å². The Hall–Kier alpha value is -2.24. The number of rotatable bonds is 4. The molecule has 0 spiro atoms. The first-order valence-corrected chi connectivity index (χ1v) is 8.90. The van der Waals surface area contributed by atoms with Crippen molar-refractivity contribution in [2.75, 3.05) is 27.2 Å². The number of hydrogen-bond acceptors (Lipinski definition) is 3. The topological polar surface area (TPSA) is 43.8 Å². The fraction of sp³-hybridized carbons (Fsp3) is 0.381. The number of aliphatic hydroxyl groups is 1. The molecule has 0 aliphatic carbocycles. The summed E-state index contributed by atoms with van der Waals surface area (Å²) in [5.74, 6) is -0.507. The van der Waals surface area contributed by atoms with Crippen LogP contribution in [0.4, 0.5) is 4.39 Å². The van der Waals surface area contributed by atoms with E-state index < -0.39 is 11.6 Å². The molecule has 5 heteroatoms. The smallest absolute Gasteiger partial charge is 0.244 e. The highest BCUT2D eigenvalue weighted by atomic mass is 19.1. The standard InChI is InChI=1S/C21H25FN2O2/c1-23(2)19(17-10-6-7-11-18(17)22)20(25)24-14-12-21(26,13-15-24)16-8-4-3-5-9-16/h3-11,19,26H,12-15H2,1-2H3. The maximum atomic E-state index is 14.2. The first-order chi connectivity index (χ1) is 12.4. The summed E-state index contributed by atoms with van der Waals surface area (Å²) >= 11 is 0. The normalized spacial score (nSPS) is 18.0. The molecule has 1 amide bonds. The number of carbonyl (C=O) groups is 1. The van der Waals surface area contributed by atoms with Gasteiger partial charge < -0.3 is 10.0 Å². The van der Waals surface area contributed by atoms with Crippen molar-refractivity contribution in [3.8, 4) is 0 Å². The van der Waals surface area contributed by atoms with Crippen molar-refractivity contribution in [2.24, 2.45) is 0 Å². The lowest BCUT2D eigenvalue weighted by Crippen LogP contribution is -2.48. The zero-order valence-corrected chi connectivity index (χ0v) is 15.2. The highest BCUT2D eigenvalue weighted by Crippen LogP contribution is 2.34. The van der Waals surface area contributed by atoms with E-state index in [1.54, 1.807) is 42.1 Å². The molecule has 0 bridgehead atoms. The van der Waals surface area contributed by atoms with Gasteiger partial charge in [-0.2, -0.15) is 0 Å². The van der Waals surface area contributed by atoms with Crippen LogP contribution in [-0.4, -0.2) is 48.0 Å². The first-order valence-electron chi connectivity index (χ1n) is 8.90. The summed E-state index contributed by atoms with van der Waals surface area (Å²) in [5.41, 5.74) is 0.348. The van der Waals surface area contributed by atoms with Crippen LogP contribution < -0.4 is 0 Å². The maximum Gasteiger partial charge on any atom is 0.244 e. The third kappa shape index (κ3) is 3.64. The van der Waals surface area contributed by atoms with Crippen LogP contribution in [-0.2, 0) is 10.4 Å². The van der Waals surface area contributed by atoms with E-state index in [2.05, 4.69) is 0 Å². The van der Waals surface area contributed by atoms with Gasteiger partial charge in [-0.25, -0.2) is 4.39 Å². The number of amides is 1. The minimum Gasteiger partial charge on any atom is -0.385 e. The van der Waals surface area contributed by atoms with Crippen LogP contribution in [0.5, 0.6) is 0 Å². The number of likely N-dealkylation sites (tertiary alicyclic amines) is 1. The number of halogens is 1. The van der Waals surface area contributed by atoms with Crippen molar-refractivity contribution in [2.45, 2.75) is 24.5 Å². The molecule has 1 aliphatic rings. The van der Waals surface area contributed by atoms with Crippen molar-refractivity contribution in [3.05, 3.63) is 71.5 Å². The van der Waals surface area contributed by atoms with E-state index in [1.807, 2.05) is 30.3 Å². The van der Waals surface area contributed by atoms with Gasteiger partial charge in [-0.05, 0) is 38.6 Å². The first kappa shape index (κ1) is 18.5. The van der Waals surface area contributed by atoms with Gasteiger partial charge in [-0.1, -0.05) is 48.5 Å². The molecule has 1 atom stereocenters. The molecule has 1 fully saturated rings. The van der Waals surface area contributed by atoms with Gasteiger partial charge in [0.1, 0.15) is 11.9 Å². The van der Waals surface area contributed by atoms with Gasteiger partial charge in [0.15, 0.2) is 0 Å². The predicted octanol–water partition coefficient (Wildman–Crippen LogP) is 2.94. The Kier molecular flexibility index (Phi) is 5.39. The van der Waals surface area contributed by atoms with E-state index in [0.29, 0.717) is 31.5 Å². The molecule has 1 unspecified atom stereocenters. The average molecular weight is 356 g/mol. The number of carbonyl (C=O) groups excluding carboxylic acids is 1. The van der Waals surface area contributed by atoms with Crippen molar-refractivity contribution >= 4 is 5.91 Å². The summed E-state index contributed by atoms with van der Waals surface area (Å²) in [5, 5.41) is 10.9. The number of hydrogen-bond donors (Lipinski definition) is 1. The van der Waals surface area contributed by atoms with E-state index in [-0.39, 0.29) is 11.7 Å². The molecule has 1 N–H and O–H groups in total. The van der Waals surface area contributed by atoms with Crippen LogP contribution >= 0.6 is 0 Å². The molecule has 3 rings (SSSR count). The summed E-state index contributed by atoms with van der Waals surface area (Å²) < 4.78 is 14.2. The fourth-order valence-electron chi connectivity index (χ4n) is 3.64. The number of nitrogens with zero attached hydrogens (tertiary/aromatic N) is 2. The summed E-state index contributed by atoms with van der Waals surface area (Å²) in [6, 6.07) is 15.3. The summed E-state index contributed by atoms with van der Waals surface area (Å²) in [6.45, 7) is 0.895. The van der Waals surface area contributed by atoms with Crippen LogP contribution in [0.25, 0.3) is 0 Å². The fourth-order valence-corrected chi connectivity index (χ4v) is 3.64. The molecule has 4 nitrogen and oxygen atoms in total. The van der Waals surface area contributed by atoms with Crippen molar-refractivity contribution in [1.29, 1.82) is 0 Å². The molecule has 1 aliphatic heterocycles. The average Bonchev–Trinajstić information content (AvgIpc) is 2.64. The second-order valence-corrected chi connectivity index (χ2v) is 7.11. The highest BCUT2D eigenvalue weighted by molar-refractivity contribution is 5.83. The number of piperidine rings is 1. The molecular weight excluding hydrogens is 331 g/mol. The monoisotopic (exact) mass is 356 g/mol. The van der Waals surface area contributed by atoms with Gasteiger partial charge in [0, 0.05) is 18.7 Å². The van der Waals surface area contributed by atoms with Gasteiger partial charge in [0.05, 0.1) is 5.60 Å². The lowest BCUT2D eigenvalue weighted by atomic mass is 9.84. The Morgan fingerprint density at radius 1 is 1.08 bits per heavy atom. The third-order valence-electron chi connectivity index (χ3n) is 5.16. The Labute approximate surface area is 153 Å². The maximum absolute atomic E-state index is 14.2. The molecule has 2 aromatic rings. The second kappa shape index (κ2) is 7.56. The van der Waals surface area contributed by atoms with E-state index >= 15 is 0 Å². The molecule has 2 aromatic carbocycles. The van der Waals surface area contributed by atoms with Gasteiger partial charge in [-0.3, -0.25) is 9.69 Å². The zero-order chi connectivity index (χ0) is 18.7. The largest absolute Gasteiger partial charge is 0.385 e. The van der Waals surface area contributed by atoms with E-state index in [0.717, 1.165) is 5.56 Å². The number of benzene rings is 2. The van der Waals surface area contributed by atoms with Crippen LogP contribution in [0.15, 0.2) is 54.6 Å². The Bertz CT molecular complexity index is 756. The molecule has 1 saturated heterocycles. The Morgan fingerprint density at radius 2 is 1.65 bits per heavy atom. The SMILES string of the molecule is CN(C)C(C(=O)N1CCC(O)(c2ccccc2)CC1)c1ccccc1F.